The molecule has 0 aliphatic heterocycles. The van der Waals surface area contributed by atoms with Crippen LogP contribution in [0.25, 0.3) is 11.2 Å². The SMILES string of the molecule is COCCNc1nc2c(c(=O)n(Cc3ccc(F)cc3)c(=O)n2C)n1C. The predicted molar refractivity (Wildman–Crippen MR) is 96.1 cm³/mol. The molecular formula is C17H20FN5O3. The summed E-state index contributed by atoms with van der Waals surface area (Å²) < 4.78 is 22.1. The van der Waals surface area contributed by atoms with Crippen LogP contribution >= 0.6 is 0 Å². The number of rotatable bonds is 6. The zero-order valence-electron chi connectivity index (χ0n) is 14.8. The van der Waals surface area contributed by atoms with Gasteiger partial charge in [-0.1, -0.05) is 12.1 Å². The van der Waals surface area contributed by atoms with E-state index in [4.69, 9.17) is 4.74 Å². The number of nitrogens with one attached hydrogen (secondary N) is 1. The number of aromatic nitrogens is 4. The average Bonchev–Trinajstić information content (AvgIpc) is 2.96. The van der Waals surface area contributed by atoms with Gasteiger partial charge in [0.1, 0.15) is 5.82 Å². The van der Waals surface area contributed by atoms with Crippen LogP contribution in [-0.4, -0.2) is 38.9 Å². The minimum atomic E-state index is -0.478. The van der Waals surface area contributed by atoms with Gasteiger partial charge >= 0.3 is 5.69 Å². The standard InChI is InChI=1S/C17H20FN5O3/c1-21-13-14(20-16(21)19-8-9-26-3)22(2)17(25)23(15(13)24)10-11-4-6-12(18)7-5-11/h4-7H,8-10H2,1-3H3,(H,19,20). The number of hydrogen-bond donors (Lipinski definition) is 1. The van der Waals surface area contributed by atoms with Gasteiger partial charge in [-0.15, -0.1) is 0 Å². The number of benzene rings is 1. The molecule has 0 radical (unpaired) electrons. The summed E-state index contributed by atoms with van der Waals surface area (Å²) in [4.78, 5) is 29.9. The lowest BCUT2D eigenvalue weighted by atomic mass is 10.2. The smallest absolute Gasteiger partial charge is 0.332 e. The molecule has 1 N–H and O–H groups in total. The Hall–Kier alpha value is -2.94. The molecule has 3 aromatic rings. The van der Waals surface area contributed by atoms with Gasteiger partial charge in [-0.25, -0.2) is 9.18 Å². The number of imidazole rings is 1. The fraction of sp³-hybridized carbons (Fsp3) is 0.353. The highest BCUT2D eigenvalue weighted by atomic mass is 19.1. The van der Waals surface area contributed by atoms with E-state index < -0.39 is 11.2 Å². The minimum absolute atomic E-state index is 0.0549. The Morgan fingerprint density at radius 1 is 1.15 bits per heavy atom. The van der Waals surface area contributed by atoms with Crippen LogP contribution < -0.4 is 16.6 Å². The molecule has 0 fully saturated rings. The van der Waals surface area contributed by atoms with Gasteiger partial charge in [0, 0.05) is 27.7 Å². The number of ether oxygens (including phenoxy) is 1. The molecule has 1 aromatic carbocycles. The lowest BCUT2D eigenvalue weighted by Gasteiger charge is -2.09. The van der Waals surface area contributed by atoms with Crippen molar-refractivity contribution in [2.75, 3.05) is 25.6 Å². The van der Waals surface area contributed by atoms with Crippen LogP contribution in [0.2, 0.25) is 0 Å². The number of halogens is 1. The van der Waals surface area contributed by atoms with E-state index in [0.29, 0.717) is 35.8 Å². The number of hydrogen-bond acceptors (Lipinski definition) is 5. The van der Waals surface area contributed by atoms with Crippen molar-refractivity contribution in [3.63, 3.8) is 0 Å². The van der Waals surface area contributed by atoms with E-state index in [1.54, 1.807) is 37.9 Å². The second-order valence-electron chi connectivity index (χ2n) is 5.95. The predicted octanol–water partition coefficient (Wildman–Crippen LogP) is 0.679. The van der Waals surface area contributed by atoms with Crippen LogP contribution in [0.3, 0.4) is 0 Å². The zero-order valence-corrected chi connectivity index (χ0v) is 14.8. The van der Waals surface area contributed by atoms with Crippen LogP contribution in [-0.2, 0) is 25.4 Å². The van der Waals surface area contributed by atoms with E-state index in [1.165, 1.54) is 16.7 Å². The summed E-state index contributed by atoms with van der Waals surface area (Å²) in [5.74, 6) is 0.103. The van der Waals surface area contributed by atoms with Crippen LogP contribution in [0.4, 0.5) is 10.3 Å². The lowest BCUT2D eigenvalue weighted by Crippen LogP contribution is -2.39. The third-order valence-electron chi connectivity index (χ3n) is 4.20. The van der Waals surface area contributed by atoms with Crippen molar-refractivity contribution in [2.24, 2.45) is 14.1 Å². The van der Waals surface area contributed by atoms with E-state index >= 15 is 0 Å². The van der Waals surface area contributed by atoms with Crippen LogP contribution in [0.1, 0.15) is 5.56 Å². The van der Waals surface area contributed by atoms with Gasteiger partial charge in [0.05, 0.1) is 13.2 Å². The first-order valence-corrected chi connectivity index (χ1v) is 8.07. The van der Waals surface area contributed by atoms with Gasteiger partial charge in [-0.05, 0) is 17.7 Å². The number of methoxy groups -OCH3 is 1. The molecule has 26 heavy (non-hydrogen) atoms. The molecule has 0 spiro atoms. The Morgan fingerprint density at radius 2 is 1.85 bits per heavy atom. The second kappa shape index (κ2) is 7.12. The van der Waals surface area contributed by atoms with E-state index in [0.717, 1.165) is 4.57 Å². The lowest BCUT2D eigenvalue weighted by molar-refractivity contribution is 0.210. The summed E-state index contributed by atoms with van der Waals surface area (Å²) in [5, 5.41) is 3.07. The van der Waals surface area contributed by atoms with Crippen molar-refractivity contribution in [1.82, 2.24) is 18.7 Å². The molecule has 0 saturated carbocycles. The van der Waals surface area contributed by atoms with E-state index in [2.05, 4.69) is 10.3 Å². The van der Waals surface area contributed by atoms with Crippen LogP contribution in [0, 0.1) is 5.82 Å². The quantitative estimate of drug-likeness (QED) is 0.653. The topological polar surface area (TPSA) is 83.1 Å². The van der Waals surface area contributed by atoms with Gasteiger partial charge in [0.25, 0.3) is 5.56 Å². The Kier molecular flexibility index (Phi) is 4.90. The molecule has 9 heteroatoms. The highest BCUT2D eigenvalue weighted by Crippen LogP contribution is 2.13. The summed E-state index contributed by atoms with van der Waals surface area (Å²) in [6, 6.07) is 5.69. The summed E-state index contributed by atoms with van der Waals surface area (Å²) in [6.07, 6.45) is 0. The van der Waals surface area contributed by atoms with E-state index in [-0.39, 0.29) is 12.4 Å². The fourth-order valence-corrected chi connectivity index (χ4v) is 2.78. The summed E-state index contributed by atoms with van der Waals surface area (Å²) in [6.45, 7) is 1.06. The normalized spacial score (nSPS) is 11.2. The zero-order chi connectivity index (χ0) is 18.8. The van der Waals surface area contributed by atoms with Crippen LogP contribution in [0.15, 0.2) is 33.9 Å². The average molecular weight is 361 g/mol. The van der Waals surface area contributed by atoms with Gasteiger partial charge in [-0.2, -0.15) is 4.98 Å². The third-order valence-corrected chi connectivity index (χ3v) is 4.20. The first-order chi connectivity index (χ1) is 12.4. The molecule has 2 heterocycles. The molecule has 0 unspecified atom stereocenters. The van der Waals surface area contributed by atoms with Gasteiger partial charge in [0.2, 0.25) is 5.95 Å². The van der Waals surface area contributed by atoms with Crippen LogP contribution in [0.5, 0.6) is 0 Å². The van der Waals surface area contributed by atoms with Crippen molar-refractivity contribution >= 4 is 17.1 Å². The molecular weight excluding hydrogens is 341 g/mol. The molecule has 2 aromatic heterocycles. The molecule has 0 aliphatic rings. The molecule has 0 bridgehead atoms. The second-order valence-corrected chi connectivity index (χ2v) is 5.95. The van der Waals surface area contributed by atoms with Crippen molar-refractivity contribution in [2.45, 2.75) is 6.54 Å². The van der Waals surface area contributed by atoms with Gasteiger partial charge in [0.15, 0.2) is 11.2 Å². The van der Waals surface area contributed by atoms with E-state index in [9.17, 15) is 14.0 Å². The highest BCUT2D eigenvalue weighted by molar-refractivity contribution is 5.74. The van der Waals surface area contributed by atoms with Crippen molar-refractivity contribution in [3.05, 3.63) is 56.5 Å². The first-order valence-electron chi connectivity index (χ1n) is 8.07. The maximum Gasteiger partial charge on any atom is 0.332 e. The maximum atomic E-state index is 13.1. The van der Waals surface area contributed by atoms with E-state index in [1.807, 2.05) is 0 Å². The molecule has 0 saturated heterocycles. The highest BCUT2D eigenvalue weighted by Gasteiger charge is 2.18. The minimum Gasteiger partial charge on any atom is -0.383 e. The first kappa shape index (κ1) is 17.9. The number of anilines is 1. The summed E-state index contributed by atoms with van der Waals surface area (Å²) >= 11 is 0. The summed E-state index contributed by atoms with van der Waals surface area (Å²) in [5.41, 5.74) is 0.355. The summed E-state index contributed by atoms with van der Waals surface area (Å²) in [7, 11) is 4.87. The molecule has 138 valence electrons. The number of aryl methyl sites for hydroxylation is 2. The maximum absolute atomic E-state index is 13.1. The van der Waals surface area contributed by atoms with Crippen molar-refractivity contribution in [3.8, 4) is 0 Å². The van der Waals surface area contributed by atoms with Crippen molar-refractivity contribution < 1.29 is 9.13 Å². The molecule has 0 atom stereocenters. The molecule has 0 aliphatic carbocycles. The molecule has 3 rings (SSSR count). The van der Waals surface area contributed by atoms with Gasteiger partial charge in [-0.3, -0.25) is 13.9 Å². The monoisotopic (exact) mass is 361 g/mol. The Labute approximate surface area is 148 Å². The van der Waals surface area contributed by atoms with Gasteiger partial charge < -0.3 is 14.6 Å². The fourth-order valence-electron chi connectivity index (χ4n) is 2.78. The largest absolute Gasteiger partial charge is 0.383 e. The number of fused-ring (bicyclic) bond motifs is 1. The Bertz CT molecular complexity index is 1050. The number of nitrogens with zero attached hydrogens (tertiary/aromatic N) is 4. The molecule has 0 amide bonds. The Balaban J connectivity index is 2.10. The molecule has 8 nitrogen and oxygen atoms in total. The van der Waals surface area contributed by atoms with Crippen molar-refractivity contribution in [1.29, 1.82) is 0 Å². The Morgan fingerprint density at radius 3 is 2.50 bits per heavy atom. The third kappa shape index (κ3) is 3.13.